The van der Waals surface area contributed by atoms with Gasteiger partial charge in [0.2, 0.25) is 0 Å². The molecule has 2 rings (SSSR count). The Kier molecular flexibility index (Phi) is 6.79. The van der Waals surface area contributed by atoms with E-state index in [1.54, 1.807) is 0 Å². The van der Waals surface area contributed by atoms with Gasteiger partial charge in [-0.2, -0.15) is 0 Å². The molecule has 20 heavy (non-hydrogen) atoms. The molecule has 4 heteroatoms. The van der Waals surface area contributed by atoms with Crippen LogP contribution in [0.2, 0.25) is 0 Å². The first-order valence-corrected chi connectivity index (χ1v) is 10.4. The first-order chi connectivity index (χ1) is 9.65. The minimum absolute atomic E-state index is 1.20. The summed E-state index contributed by atoms with van der Waals surface area (Å²) in [6, 6.07) is 4.60. The van der Waals surface area contributed by atoms with E-state index in [0.717, 1.165) is 0 Å². The number of hydrogen-bond acceptors (Lipinski definition) is 2. The second kappa shape index (κ2) is 8.11. The minimum Gasteiger partial charge on any atom is -0.138 e. The van der Waals surface area contributed by atoms with Crippen molar-refractivity contribution in [1.82, 2.24) is 0 Å². The van der Waals surface area contributed by atoms with Crippen LogP contribution in [0, 0.1) is 0 Å². The highest BCUT2D eigenvalue weighted by Gasteiger charge is 2.15. The molecule has 0 spiro atoms. The van der Waals surface area contributed by atoms with Crippen LogP contribution in [0.1, 0.15) is 49.3 Å². The lowest BCUT2D eigenvalue weighted by atomic mass is 10.2. The van der Waals surface area contributed by atoms with E-state index in [0.29, 0.717) is 0 Å². The van der Waals surface area contributed by atoms with Gasteiger partial charge in [-0.3, -0.25) is 0 Å². The predicted molar refractivity (Wildman–Crippen MR) is 100 cm³/mol. The standard InChI is InChI=1S/C16H20Br2S2/c1-3-5-7-11-9-13(17)15(19-11)16-14(18)10-12(20-16)8-6-4-2/h9-10H,3-8H2,1-2H3. The van der Waals surface area contributed by atoms with Crippen molar-refractivity contribution in [3.05, 3.63) is 30.8 Å². The van der Waals surface area contributed by atoms with Gasteiger partial charge in [0.05, 0.1) is 9.75 Å². The van der Waals surface area contributed by atoms with Crippen LogP contribution in [-0.4, -0.2) is 0 Å². The summed E-state index contributed by atoms with van der Waals surface area (Å²) in [6.07, 6.45) is 7.47. The van der Waals surface area contributed by atoms with Gasteiger partial charge >= 0.3 is 0 Å². The fourth-order valence-corrected chi connectivity index (χ4v) is 6.43. The van der Waals surface area contributed by atoms with E-state index in [4.69, 9.17) is 0 Å². The van der Waals surface area contributed by atoms with E-state index in [2.05, 4.69) is 57.8 Å². The lowest BCUT2D eigenvalue weighted by Crippen LogP contribution is -1.76. The molecule has 0 saturated carbocycles. The Bertz CT molecular complexity index is 505. The highest BCUT2D eigenvalue weighted by Crippen LogP contribution is 2.45. The molecule has 2 aromatic heterocycles. The summed E-state index contributed by atoms with van der Waals surface area (Å²) < 4.78 is 2.50. The van der Waals surface area contributed by atoms with E-state index in [-0.39, 0.29) is 0 Å². The molecule has 0 radical (unpaired) electrons. The molecule has 0 amide bonds. The summed E-state index contributed by atoms with van der Waals surface area (Å²) in [4.78, 5) is 5.75. The number of hydrogen-bond donors (Lipinski definition) is 0. The van der Waals surface area contributed by atoms with Gasteiger partial charge in [-0.1, -0.05) is 26.7 Å². The maximum absolute atomic E-state index is 3.74. The average molecular weight is 436 g/mol. The number of halogens is 2. The van der Waals surface area contributed by atoms with Gasteiger partial charge in [0, 0.05) is 18.7 Å². The lowest BCUT2D eigenvalue weighted by Gasteiger charge is -1.96. The molecule has 0 aromatic carbocycles. The Hall–Kier alpha value is 0.360. The second-order valence-corrected chi connectivity index (χ2v) is 8.97. The third kappa shape index (κ3) is 4.19. The van der Waals surface area contributed by atoms with Gasteiger partial charge in [-0.25, -0.2) is 0 Å². The van der Waals surface area contributed by atoms with Gasteiger partial charge < -0.3 is 0 Å². The van der Waals surface area contributed by atoms with Crippen molar-refractivity contribution in [3.63, 3.8) is 0 Å². The van der Waals surface area contributed by atoms with Crippen molar-refractivity contribution in [2.45, 2.75) is 52.4 Å². The molecule has 0 saturated heterocycles. The lowest BCUT2D eigenvalue weighted by molar-refractivity contribution is 0.804. The summed E-state index contributed by atoms with van der Waals surface area (Å²) >= 11 is 11.4. The van der Waals surface area contributed by atoms with Gasteiger partial charge in [-0.15, -0.1) is 22.7 Å². The maximum atomic E-state index is 3.74. The third-order valence-corrected chi connectivity index (χ3v) is 7.56. The molecule has 0 fully saturated rings. The van der Waals surface area contributed by atoms with Gasteiger partial charge in [0.15, 0.2) is 0 Å². The first-order valence-electron chi connectivity index (χ1n) is 7.22. The van der Waals surface area contributed by atoms with E-state index >= 15 is 0 Å². The Balaban J connectivity index is 2.22. The highest BCUT2D eigenvalue weighted by atomic mass is 79.9. The maximum Gasteiger partial charge on any atom is 0.0599 e. The Morgan fingerprint density at radius 1 is 0.800 bits per heavy atom. The third-order valence-electron chi connectivity index (χ3n) is 3.24. The smallest absolute Gasteiger partial charge is 0.0599 e. The van der Waals surface area contributed by atoms with Crippen LogP contribution in [0.25, 0.3) is 9.75 Å². The van der Waals surface area contributed by atoms with E-state index in [9.17, 15) is 0 Å². The number of rotatable bonds is 7. The molecule has 0 aliphatic rings. The minimum atomic E-state index is 1.20. The molecule has 2 heterocycles. The molecule has 0 N–H and O–H groups in total. The summed E-state index contributed by atoms with van der Waals surface area (Å²) in [7, 11) is 0. The normalized spacial score (nSPS) is 11.2. The van der Waals surface area contributed by atoms with Gasteiger partial charge in [0.1, 0.15) is 0 Å². The zero-order valence-corrected chi connectivity index (χ0v) is 16.8. The number of unbranched alkanes of at least 4 members (excludes halogenated alkanes) is 2. The van der Waals surface area contributed by atoms with Crippen LogP contribution in [0.15, 0.2) is 21.1 Å². The quantitative estimate of drug-likeness (QED) is 0.418. The monoisotopic (exact) mass is 434 g/mol. The van der Waals surface area contributed by atoms with Crippen LogP contribution in [0.3, 0.4) is 0 Å². The molecule has 0 aliphatic carbocycles. The molecule has 0 aliphatic heterocycles. The zero-order chi connectivity index (χ0) is 14.5. The molecular formula is C16H20Br2S2. The number of thiophene rings is 2. The van der Waals surface area contributed by atoms with Crippen LogP contribution >= 0.6 is 54.5 Å². The van der Waals surface area contributed by atoms with Crippen LogP contribution in [0.4, 0.5) is 0 Å². The Morgan fingerprint density at radius 2 is 1.20 bits per heavy atom. The molecule has 110 valence electrons. The van der Waals surface area contributed by atoms with E-state index in [1.807, 2.05) is 22.7 Å². The molecule has 0 bridgehead atoms. The van der Waals surface area contributed by atoms with Crippen LogP contribution < -0.4 is 0 Å². The molecule has 0 unspecified atom stereocenters. The zero-order valence-electron chi connectivity index (χ0n) is 12.0. The SMILES string of the molecule is CCCCc1cc(Br)c(-c2sc(CCCC)cc2Br)s1. The van der Waals surface area contributed by atoms with Crippen molar-refractivity contribution in [2.24, 2.45) is 0 Å². The first kappa shape index (κ1) is 16.7. The molecule has 2 aromatic rings. The highest BCUT2D eigenvalue weighted by molar-refractivity contribution is 9.11. The summed E-state index contributed by atoms with van der Waals surface area (Å²) in [5, 5.41) is 0. The summed E-state index contributed by atoms with van der Waals surface area (Å²) in [5.41, 5.74) is 0. The Morgan fingerprint density at radius 3 is 1.55 bits per heavy atom. The van der Waals surface area contributed by atoms with Crippen molar-refractivity contribution in [1.29, 1.82) is 0 Å². The van der Waals surface area contributed by atoms with Crippen molar-refractivity contribution >= 4 is 54.5 Å². The molecule has 0 nitrogen and oxygen atoms in total. The fraction of sp³-hybridized carbons (Fsp3) is 0.500. The van der Waals surface area contributed by atoms with Crippen LogP contribution in [-0.2, 0) is 12.8 Å². The largest absolute Gasteiger partial charge is 0.138 e. The summed E-state index contributed by atoms with van der Waals surface area (Å²) in [6.45, 7) is 4.50. The van der Waals surface area contributed by atoms with Gasteiger partial charge in [0.25, 0.3) is 0 Å². The predicted octanol–water partition coefficient (Wildman–Crippen LogP) is 7.69. The summed E-state index contributed by atoms with van der Waals surface area (Å²) in [5.74, 6) is 0. The van der Waals surface area contributed by atoms with E-state index < -0.39 is 0 Å². The topological polar surface area (TPSA) is 0 Å². The Labute approximate surface area is 146 Å². The van der Waals surface area contributed by atoms with E-state index in [1.165, 1.54) is 67.0 Å². The molecule has 0 atom stereocenters. The van der Waals surface area contributed by atoms with Crippen LogP contribution in [0.5, 0.6) is 0 Å². The second-order valence-electron chi connectivity index (χ2n) is 4.99. The molecular weight excluding hydrogens is 416 g/mol. The van der Waals surface area contributed by atoms with Crippen molar-refractivity contribution in [2.75, 3.05) is 0 Å². The number of aryl methyl sites for hydroxylation is 2. The van der Waals surface area contributed by atoms with Crippen molar-refractivity contribution < 1.29 is 0 Å². The average Bonchev–Trinajstić information content (AvgIpc) is 2.97. The van der Waals surface area contributed by atoms with Gasteiger partial charge in [-0.05, 0) is 69.7 Å². The van der Waals surface area contributed by atoms with Crippen molar-refractivity contribution in [3.8, 4) is 9.75 Å². The fourth-order valence-electron chi connectivity index (χ4n) is 2.09.